The van der Waals surface area contributed by atoms with Crippen LogP contribution >= 0.6 is 11.6 Å². The van der Waals surface area contributed by atoms with Crippen molar-refractivity contribution < 1.29 is 14.4 Å². The first kappa shape index (κ1) is 16.2. The smallest absolute Gasteiger partial charge is 0.263 e. The maximum Gasteiger partial charge on any atom is 0.334 e. The summed E-state index contributed by atoms with van der Waals surface area (Å²) in [6.45, 7) is 2.08. The molecule has 0 unspecified atom stereocenters. The van der Waals surface area contributed by atoms with E-state index in [9.17, 15) is 14.4 Å². The molecule has 3 rings (SSSR count). The molecule has 0 saturated carbocycles. The third-order valence-electron chi connectivity index (χ3n) is 3.85. The maximum atomic E-state index is 12.5. The van der Waals surface area contributed by atoms with Gasteiger partial charge in [0.25, 0.3) is 0 Å². The van der Waals surface area contributed by atoms with Gasteiger partial charge in [0.1, 0.15) is 0 Å². The quantitative estimate of drug-likeness (QED) is 0.633. The Bertz CT molecular complexity index is 733. The number of amides is 4. The molecule has 0 spiro atoms. The van der Waals surface area contributed by atoms with Gasteiger partial charge in [-0.1, -0.05) is 53.6 Å². The molecule has 2 aromatic carbocycles. The first-order valence-corrected chi connectivity index (χ1v) is 7.81. The van der Waals surface area contributed by atoms with E-state index in [4.69, 9.17) is 11.6 Å². The Hall–Kier alpha value is -2.66. The molecule has 4 amide bonds. The van der Waals surface area contributed by atoms with Gasteiger partial charge in [-0.05, 0) is 30.2 Å². The van der Waals surface area contributed by atoms with Crippen molar-refractivity contribution in [3.05, 3.63) is 70.2 Å². The molecule has 2 aromatic rings. The van der Waals surface area contributed by atoms with Crippen molar-refractivity contribution in [2.24, 2.45) is 0 Å². The normalized spacial score (nSPS) is 14.7. The maximum absolute atomic E-state index is 12.5. The van der Waals surface area contributed by atoms with E-state index in [2.05, 4.69) is 0 Å². The highest BCUT2D eigenvalue weighted by atomic mass is 35.5. The average molecular weight is 343 g/mol. The number of urea groups is 1. The summed E-state index contributed by atoms with van der Waals surface area (Å²) in [6, 6.07) is 13.7. The van der Waals surface area contributed by atoms with Gasteiger partial charge in [-0.3, -0.25) is 19.4 Å². The van der Waals surface area contributed by atoms with Gasteiger partial charge in [0.05, 0.1) is 13.1 Å². The van der Waals surface area contributed by atoms with Gasteiger partial charge < -0.3 is 0 Å². The summed E-state index contributed by atoms with van der Waals surface area (Å²) in [7, 11) is 0. The van der Waals surface area contributed by atoms with Crippen LogP contribution in [0, 0.1) is 6.92 Å². The highest BCUT2D eigenvalue weighted by molar-refractivity contribution is 6.44. The molecule has 6 heteroatoms. The van der Waals surface area contributed by atoms with Crippen molar-refractivity contribution in [1.29, 1.82) is 0 Å². The van der Waals surface area contributed by atoms with Crippen LogP contribution in [0.15, 0.2) is 48.5 Å². The zero-order valence-electron chi connectivity index (χ0n) is 13.0. The summed E-state index contributed by atoms with van der Waals surface area (Å²) >= 11 is 5.82. The highest BCUT2D eigenvalue weighted by Gasteiger charge is 2.44. The molecule has 1 heterocycles. The minimum Gasteiger partial charge on any atom is -0.263 e. The molecule has 1 saturated heterocycles. The van der Waals surface area contributed by atoms with Crippen molar-refractivity contribution in [3.8, 4) is 0 Å². The summed E-state index contributed by atoms with van der Waals surface area (Å²) in [4.78, 5) is 38.7. The number of hydrogen-bond acceptors (Lipinski definition) is 3. The fraction of sp³-hybridized carbons (Fsp3) is 0.167. The Morgan fingerprint density at radius 1 is 0.750 bits per heavy atom. The Morgan fingerprint density at radius 3 is 1.62 bits per heavy atom. The van der Waals surface area contributed by atoms with E-state index >= 15 is 0 Å². The lowest BCUT2D eigenvalue weighted by atomic mass is 10.1. The topological polar surface area (TPSA) is 57.7 Å². The van der Waals surface area contributed by atoms with Crippen LogP contribution in [0.5, 0.6) is 0 Å². The van der Waals surface area contributed by atoms with Crippen molar-refractivity contribution in [2.45, 2.75) is 20.0 Å². The zero-order chi connectivity index (χ0) is 17.3. The van der Waals surface area contributed by atoms with Gasteiger partial charge in [-0.15, -0.1) is 0 Å². The number of rotatable bonds is 4. The molecule has 5 nitrogen and oxygen atoms in total. The second-order valence-corrected chi connectivity index (χ2v) is 6.11. The predicted octanol–water partition coefficient (Wildman–Crippen LogP) is 3.14. The highest BCUT2D eigenvalue weighted by Crippen LogP contribution is 2.19. The van der Waals surface area contributed by atoms with Crippen LogP contribution in [-0.4, -0.2) is 27.6 Å². The minimum atomic E-state index is -0.804. The number of carbonyl (C=O) groups excluding carboxylic acids is 3. The van der Waals surface area contributed by atoms with Crippen molar-refractivity contribution in [1.82, 2.24) is 9.80 Å². The van der Waals surface area contributed by atoms with E-state index < -0.39 is 17.8 Å². The molecule has 0 aliphatic carbocycles. The van der Waals surface area contributed by atoms with Gasteiger partial charge in [-0.2, -0.15) is 0 Å². The van der Waals surface area contributed by atoms with Crippen LogP contribution < -0.4 is 0 Å². The molecular formula is C18H15ClN2O3. The molecule has 1 fully saturated rings. The van der Waals surface area contributed by atoms with Crippen molar-refractivity contribution >= 4 is 29.4 Å². The first-order chi connectivity index (χ1) is 11.5. The first-order valence-electron chi connectivity index (χ1n) is 7.43. The lowest BCUT2D eigenvalue weighted by molar-refractivity contribution is -0.143. The van der Waals surface area contributed by atoms with Gasteiger partial charge in [0.15, 0.2) is 0 Å². The molecule has 122 valence electrons. The van der Waals surface area contributed by atoms with E-state index in [-0.39, 0.29) is 13.1 Å². The Balaban J connectivity index is 1.77. The number of nitrogens with zero attached hydrogens (tertiary/aromatic N) is 2. The number of imide groups is 2. The van der Waals surface area contributed by atoms with Crippen LogP contribution in [-0.2, 0) is 22.7 Å². The Kier molecular flexibility index (Phi) is 4.36. The summed E-state index contributed by atoms with van der Waals surface area (Å²) in [5.41, 5.74) is 2.60. The Labute approximate surface area is 144 Å². The largest absolute Gasteiger partial charge is 0.334 e. The molecule has 0 radical (unpaired) electrons. The molecule has 0 atom stereocenters. The van der Waals surface area contributed by atoms with Crippen LogP contribution in [0.3, 0.4) is 0 Å². The summed E-state index contributed by atoms with van der Waals surface area (Å²) in [6.07, 6.45) is 0. The predicted molar refractivity (Wildman–Crippen MR) is 89.1 cm³/mol. The fourth-order valence-corrected chi connectivity index (χ4v) is 2.60. The second kappa shape index (κ2) is 6.45. The van der Waals surface area contributed by atoms with E-state index in [1.165, 1.54) is 0 Å². The van der Waals surface area contributed by atoms with E-state index in [0.717, 1.165) is 26.5 Å². The summed E-state index contributed by atoms with van der Waals surface area (Å²) in [5.74, 6) is -1.60. The number of benzene rings is 2. The number of aryl methyl sites for hydroxylation is 1. The van der Waals surface area contributed by atoms with Crippen molar-refractivity contribution in [3.63, 3.8) is 0 Å². The lowest BCUT2D eigenvalue weighted by Crippen LogP contribution is -2.32. The molecule has 0 N–H and O–H groups in total. The van der Waals surface area contributed by atoms with Crippen LogP contribution in [0.1, 0.15) is 16.7 Å². The zero-order valence-corrected chi connectivity index (χ0v) is 13.8. The fourth-order valence-electron chi connectivity index (χ4n) is 2.48. The lowest BCUT2D eigenvalue weighted by Gasteiger charge is -2.15. The third-order valence-corrected chi connectivity index (χ3v) is 4.10. The molecule has 1 aliphatic rings. The molecule has 0 aromatic heterocycles. The number of hydrogen-bond donors (Lipinski definition) is 0. The SMILES string of the molecule is Cc1ccc(CN2C(=O)C(=O)N(Cc3ccc(Cl)cc3)C2=O)cc1. The van der Waals surface area contributed by atoms with Crippen LogP contribution in [0.4, 0.5) is 4.79 Å². The van der Waals surface area contributed by atoms with E-state index in [0.29, 0.717) is 5.02 Å². The van der Waals surface area contributed by atoms with Crippen LogP contribution in [0.25, 0.3) is 0 Å². The Morgan fingerprint density at radius 2 is 1.17 bits per heavy atom. The summed E-state index contributed by atoms with van der Waals surface area (Å²) < 4.78 is 0. The van der Waals surface area contributed by atoms with Gasteiger partial charge in [-0.25, -0.2) is 4.79 Å². The molecule has 24 heavy (non-hydrogen) atoms. The number of carbonyl (C=O) groups is 3. The molecule has 1 aliphatic heterocycles. The minimum absolute atomic E-state index is 0.0466. The summed E-state index contributed by atoms with van der Waals surface area (Å²) in [5, 5.41) is 0.565. The third kappa shape index (κ3) is 3.16. The molecular weight excluding hydrogens is 328 g/mol. The monoisotopic (exact) mass is 342 g/mol. The van der Waals surface area contributed by atoms with Gasteiger partial charge >= 0.3 is 17.8 Å². The van der Waals surface area contributed by atoms with Crippen molar-refractivity contribution in [2.75, 3.05) is 0 Å². The average Bonchev–Trinajstić information content (AvgIpc) is 2.76. The van der Waals surface area contributed by atoms with Crippen LogP contribution in [0.2, 0.25) is 5.02 Å². The van der Waals surface area contributed by atoms with Gasteiger partial charge in [0, 0.05) is 5.02 Å². The molecule has 0 bridgehead atoms. The van der Waals surface area contributed by atoms with E-state index in [1.807, 2.05) is 31.2 Å². The van der Waals surface area contributed by atoms with Gasteiger partial charge in [0.2, 0.25) is 0 Å². The standard InChI is InChI=1S/C18H15ClN2O3/c1-12-2-4-13(5-3-12)10-20-16(22)17(23)21(18(20)24)11-14-6-8-15(19)9-7-14/h2-9H,10-11H2,1H3. The van der Waals surface area contributed by atoms with E-state index in [1.54, 1.807) is 24.3 Å². The number of halogens is 1. The second-order valence-electron chi connectivity index (χ2n) is 5.68.